The van der Waals surface area contributed by atoms with Crippen LogP contribution in [0.5, 0.6) is 5.75 Å². The van der Waals surface area contributed by atoms with Crippen LogP contribution in [0.4, 0.5) is 10.5 Å². The molecule has 162 valence electrons. The van der Waals surface area contributed by atoms with Gasteiger partial charge in [0.25, 0.3) is 5.91 Å². The van der Waals surface area contributed by atoms with Crippen LogP contribution in [-0.2, 0) is 14.3 Å². The van der Waals surface area contributed by atoms with E-state index in [1.807, 2.05) is 24.0 Å². The maximum absolute atomic E-state index is 13.2. The first-order chi connectivity index (χ1) is 14.4. The number of ether oxygens (including phenoxy) is 2. The second-order valence-electron chi connectivity index (χ2n) is 7.21. The Morgan fingerprint density at radius 3 is 2.63 bits per heavy atom. The number of carbonyl (C=O) groups is 3. The molecule has 2 aliphatic rings. The Balaban J connectivity index is 1.89. The van der Waals surface area contributed by atoms with Crippen LogP contribution in [-0.4, -0.2) is 79.7 Å². The number of nitrogens with one attached hydrogen (secondary N) is 1. The SMILES string of the molecule is CCOc1ccccc1NC(=O)C1=CC2C(=O)N(C)C(=O)N(C)C2N1CCCOC. The number of methoxy groups -OCH3 is 1. The van der Waals surface area contributed by atoms with E-state index >= 15 is 0 Å². The summed E-state index contributed by atoms with van der Waals surface area (Å²) in [5.41, 5.74) is 0.903. The van der Waals surface area contributed by atoms with Crippen LogP contribution < -0.4 is 10.1 Å². The molecule has 2 atom stereocenters. The van der Waals surface area contributed by atoms with Crippen molar-refractivity contribution in [1.82, 2.24) is 14.7 Å². The van der Waals surface area contributed by atoms with E-state index in [4.69, 9.17) is 9.47 Å². The summed E-state index contributed by atoms with van der Waals surface area (Å²) in [6, 6.07) is 6.78. The summed E-state index contributed by atoms with van der Waals surface area (Å²) in [7, 11) is 4.71. The molecule has 4 amide bonds. The van der Waals surface area contributed by atoms with Gasteiger partial charge in [-0.3, -0.25) is 14.5 Å². The minimum absolute atomic E-state index is 0.322. The number of carbonyl (C=O) groups excluding carboxylic acids is 3. The summed E-state index contributed by atoms with van der Waals surface area (Å²) in [5, 5.41) is 2.89. The van der Waals surface area contributed by atoms with E-state index < -0.39 is 18.1 Å². The summed E-state index contributed by atoms with van der Waals surface area (Å²) in [5.74, 6) is -0.718. The van der Waals surface area contributed by atoms with Gasteiger partial charge in [0.2, 0.25) is 5.91 Å². The molecule has 0 aromatic heterocycles. The molecular formula is C21H28N4O5. The summed E-state index contributed by atoms with van der Waals surface area (Å²) in [6.45, 7) is 3.31. The fourth-order valence-corrected chi connectivity index (χ4v) is 3.88. The molecule has 1 fully saturated rings. The molecule has 30 heavy (non-hydrogen) atoms. The highest BCUT2D eigenvalue weighted by Gasteiger charge is 2.50. The number of anilines is 1. The van der Waals surface area contributed by atoms with Crippen molar-refractivity contribution in [2.45, 2.75) is 19.5 Å². The zero-order valence-corrected chi connectivity index (χ0v) is 17.8. The van der Waals surface area contributed by atoms with E-state index in [-0.39, 0.29) is 11.8 Å². The van der Waals surface area contributed by atoms with Gasteiger partial charge in [-0.2, -0.15) is 0 Å². The second kappa shape index (κ2) is 9.17. The highest BCUT2D eigenvalue weighted by atomic mass is 16.5. The maximum atomic E-state index is 13.2. The quantitative estimate of drug-likeness (QED) is 0.649. The monoisotopic (exact) mass is 416 g/mol. The Kier molecular flexibility index (Phi) is 6.61. The predicted molar refractivity (Wildman–Crippen MR) is 111 cm³/mol. The van der Waals surface area contributed by atoms with E-state index in [9.17, 15) is 14.4 Å². The number of rotatable bonds is 8. The van der Waals surface area contributed by atoms with Gasteiger partial charge in [0, 0.05) is 34.4 Å². The van der Waals surface area contributed by atoms with Crippen LogP contribution in [0.3, 0.4) is 0 Å². The van der Waals surface area contributed by atoms with E-state index in [1.54, 1.807) is 32.4 Å². The lowest BCUT2D eigenvalue weighted by molar-refractivity contribution is -0.137. The number of benzene rings is 1. The average molecular weight is 416 g/mol. The third-order valence-electron chi connectivity index (χ3n) is 5.30. The lowest BCUT2D eigenvalue weighted by atomic mass is 10.0. The van der Waals surface area contributed by atoms with Crippen molar-refractivity contribution < 1.29 is 23.9 Å². The predicted octanol–water partition coefficient (Wildman–Crippen LogP) is 1.73. The highest BCUT2D eigenvalue weighted by Crippen LogP contribution is 2.35. The van der Waals surface area contributed by atoms with E-state index in [0.29, 0.717) is 43.3 Å². The van der Waals surface area contributed by atoms with Crippen molar-refractivity contribution in [3.05, 3.63) is 36.0 Å². The topological polar surface area (TPSA) is 91.4 Å². The van der Waals surface area contributed by atoms with E-state index in [0.717, 1.165) is 4.90 Å². The van der Waals surface area contributed by atoms with Crippen LogP contribution in [0.1, 0.15) is 13.3 Å². The minimum Gasteiger partial charge on any atom is -0.492 e. The first-order valence-corrected chi connectivity index (χ1v) is 9.95. The molecule has 9 nitrogen and oxygen atoms in total. The van der Waals surface area contributed by atoms with Crippen molar-refractivity contribution in [3.8, 4) is 5.75 Å². The second-order valence-corrected chi connectivity index (χ2v) is 7.21. The van der Waals surface area contributed by atoms with Crippen LogP contribution in [0.2, 0.25) is 0 Å². The normalized spacial score (nSPS) is 20.9. The fraction of sp³-hybridized carbons (Fsp3) is 0.476. The fourth-order valence-electron chi connectivity index (χ4n) is 3.88. The molecule has 3 rings (SSSR count). The summed E-state index contributed by atoms with van der Waals surface area (Å²) in [4.78, 5) is 42.8. The number of hydrogen-bond acceptors (Lipinski definition) is 6. The number of nitrogens with zero attached hydrogens (tertiary/aromatic N) is 3. The third kappa shape index (κ3) is 3.97. The summed E-state index contributed by atoms with van der Waals surface area (Å²) >= 11 is 0. The smallest absolute Gasteiger partial charge is 0.327 e. The lowest BCUT2D eigenvalue weighted by Gasteiger charge is -2.43. The van der Waals surface area contributed by atoms with E-state index in [1.165, 1.54) is 11.9 Å². The van der Waals surface area contributed by atoms with Gasteiger partial charge in [0.05, 0.1) is 18.2 Å². The Bertz CT molecular complexity index is 856. The molecule has 2 aliphatic heterocycles. The number of urea groups is 1. The van der Waals surface area contributed by atoms with Crippen LogP contribution >= 0.6 is 0 Å². The Hall–Kier alpha value is -3.07. The molecule has 0 saturated carbocycles. The molecule has 2 unspecified atom stereocenters. The average Bonchev–Trinajstić information content (AvgIpc) is 3.12. The van der Waals surface area contributed by atoms with Gasteiger partial charge >= 0.3 is 6.03 Å². The van der Waals surface area contributed by atoms with Crippen molar-refractivity contribution in [2.75, 3.05) is 46.3 Å². The zero-order chi connectivity index (χ0) is 21.8. The lowest BCUT2D eigenvalue weighted by Crippen LogP contribution is -2.62. The minimum atomic E-state index is -0.608. The molecule has 0 aliphatic carbocycles. The molecule has 0 spiro atoms. The molecule has 0 radical (unpaired) electrons. The molecular weight excluding hydrogens is 388 g/mol. The van der Waals surface area contributed by atoms with Crippen molar-refractivity contribution in [3.63, 3.8) is 0 Å². The number of para-hydroxylation sites is 2. The van der Waals surface area contributed by atoms with Gasteiger partial charge in [-0.05, 0) is 31.6 Å². The highest BCUT2D eigenvalue weighted by molar-refractivity contribution is 6.07. The number of hydrogen-bond donors (Lipinski definition) is 1. The van der Waals surface area contributed by atoms with Gasteiger partial charge in [-0.1, -0.05) is 12.1 Å². The van der Waals surface area contributed by atoms with Gasteiger partial charge in [0.15, 0.2) is 0 Å². The van der Waals surface area contributed by atoms with Crippen molar-refractivity contribution in [1.29, 1.82) is 0 Å². The molecule has 1 N–H and O–H groups in total. The maximum Gasteiger partial charge on any atom is 0.327 e. The summed E-state index contributed by atoms with van der Waals surface area (Å²) < 4.78 is 10.7. The van der Waals surface area contributed by atoms with Crippen molar-refractivity contribution in [2.24, 2.45) is 5.92 Å². The molecule has 0 bridgehead atoms. The molecule has 1 aromatic carbocycles. The Morgan fingerprint density at radius 1 is 1.20 bits per heavy atom. The van der Waals surface area contributed by atoms with Gasteiger partial charge < -0.3 is 24.6 Å². The van der Waals surface area contributed by atoms with Gasteiger partial charge in [-0.25, -0.2) is 4.79 Å². The first kappa shape index (κ1) is 21.6. The van der Waals surface area contributed by atoms with Crippen molar-refractivity contribution >= 4 is 23.5 Å². The molecule has 2 heterocycles. The number of amides is 4. The van der Waals surface area contributed by atoms with Crippen LogP contribution in [0, 0.1) is 5.92 Å². The standard InChI is InChI=1S/C21H28N4O5/c1-5-30-17-10-7-6-9-15(17)22-18(26)16-13-14-19(25(16)11-8-12-29-4)23(2)21(28)24(3)20(14)27/h6-7,9-10,13-14,19H,5,8,11-12H2,1-4H3,(H,22,26). The van der Waals surface area contributed by atoms with Crippen LogP contribution in [0.25, 0.3) is 0 Å². The molecule has 9 heteroatoms. The largest absolute Gasteiger partial charge is 0.492 e. The zero-order valence-electron chi connectivity index (χ0n) is 17.8. The van der Waals surface area contributed by atoms with Gasteiger partial charge in [-0.15, -0.1) is 0 Å². The summed E-state index contributed by atoms with van der Waals surface area (Å²) in [6.07, 6.45) is 1.75. The Labute approximate surface area is 176 Å². The van der Waals surface area contributed by atoms with Gasteiger partial charge in [0.1, 0.15) is 17.6 Å². The number of fused-ring (bicyclic) bond motifs is 1. The molecule has 1 aromatic rings. The first-order valence-electron chi connectivity index (χ1n) is 9.95. The third-order valence-corrected chi connectivity index (χ3v) is 5.30. The van der Waals surface area contributed by atoms with Crippen LogP contribution in [0.15, 0.2) is 36.0 Å². The number of imide groups is 1. The Morgan fingerprint density at radius 2 is 1.93 bits per heavy atom. The van der Waals surface area contributed by atoms with E-state index in [2.05, 4.69) is 5.32 Å². The molecule has 1 saturated heterocycles.